The minimum atomic E-state index is 0.373. The molecule has 0 unspecified atom stereocenters. The fraction of sp³-hybridized carbons (Fsp3) is 0.333. The predicted octanol–water partition coefficient (Wildman–Crippen LogP) is 4.16. The molecule has 0 fully saturated rings. The summed E-state index contributed by atoms with van der Waals surface area (Å²) < 4.78 is 5.61. The van der Waals surface area contributed by atoms with Gasteiger partial charge in [-0.25, -0.2) is 4.98 Å². The second-order valence-electron chi connectivity index (χ2n) is 4.76. The van der Waals surface area contributed by atoms with Crippen molar-refractivity contribution < 1.29 is 4.74 Å². The highest BCUT2D eigenvalue weighted by Gasteiger charge is 2.09. The van der Waals surface area contributed by atoms with Crippen LogP contribution in [0.4, 0.5) is 0 Å². The molecular formula is C15H17Cl3N4OS. The molecule has 0 aliphatic heterocycles. The Bertz CT molecular complexity index is 697. The van der Waals surface area contributed by atoms with Crippen LogP contribution in [0.1, 0.15) is 9.88 Å². The molecule has 0 spiro atoms. The number of benzene rings is 1. The van der Waals surface area contributed by atoms with E-state index < -0.39 is 0 Å². The van der Waals surface area contributed by atoms with Crippen molar-refractivity contribution in [3.8, 4) is 5.75 Å². The standard InChI is InChI=1S/C15H17Cl3N4OS/c1-9-7-21-13(24-9)8-22-15(19-2)20-3-4-23-14-11(17)5-10(16)6-12(14)18/h5-7H,3-4,8H2,1-2H3,(H2,19,20,22). The summed E-state index contributed by atoms with van der Waals surface area (Å²) in [7, 11) is 1.70. The van der Waals surface area contributed by atoms with Crippen molar-refractivity contribution >= 4 is 52.1 Å². The maximum atomic E-state index is 6.07. The molecule has 1 aromatic heterocycles. The Balaban J connectivity index is 1.76. The molecule has 1 heterocycles. The smallest absolute Gasteiger partial charge is 0.191 e. The van der Waals surface area contributed by atoms with Crippen molar-refractivity contribution in [2.75, 3.05) is 20.2 Å². The number of aliphatic imine (C=N–C) groups is 1. The summed E-state index contributed by atoms with van der Waals surface area (Å²) in [5.74, 6) is 1.09. The maximum absolute atomic E-state index is 6.07. The summed E-state index contributed by atoms with van der Waals surface area (Å²) >= 11 is 19.6. The zero-order valence-corrected chi connectivity index (χ0v) is 16.3. The van der Waals surface area contributed by atoms with Crippen LogP contribution in [0.15, 0.2) is 23.3 Å². The molecule has 0 amide bonds. The summed E-state index contributed by atoms with van der Waals surface area (Å²) in [6, 6.07) is 3.18. The zero-order chi connectivity index (χ0) is 17.5. The van der Waals surface area contributed by atoms with Crippen LogP contribution >= 0.6 is 46.1 Å². The summed E-state index contributed by atoms with van der Waals surface area (Å²) in [5.41, 5.74) is 0. The van der Waals surface area contributed by atoms with Gasteiger partial charge < -0.3 is 15.4 Å². The number of halogens is 3. The van der Waals surface area contributed by atoms with Gasteiger partial charge in [0, 0.05) is 23.1 Å². The topological polar surface area (TPSA) is 58.5 Å². The third kappa shape index (κ3) is 5.70. The number of aromatic nitrogens is 1. The molecule has 0 aliphatic carbocycles. The van der Waals surface area contributed by atoms with E-state index in [1.165, 1.54) is 4.88 Å². The molecule has 0 radical (unpaired) electrons. The zero-order valence-electron chi connectivity index (χ0n) is 13.2. The Labute approximate surface area is 160 Å². The predicted molar refractivity (Wildman–Crippen MR) is 102 cm³/mol. The van der Waals surface area contributed by atoms with Crippen LogP contribution in [-0.4, -0.2) is 31.1 Å². The van der Waals surface area contributed by atoms with Gasteiger partial charge in [-0.15, -0.1) is 11.3 Å². The number of hydrogen-bond acceptors (Lipinski definition) is 4. The van der Waals surface area contributed by atoms with E-state index in [9.17, 15) is 0 Å². The number of aryl methyl sites for hydroxylation is 1. The number of guanidine groups is 1. The van der Waals surface area contributed by atoms with Crippen LogP contribution in [0, 0.1) is 6.92 Å². The van der Waals surface area contributed by atoms with E-state index in [4.69, 9.17) is 39.5 Å². The first kappa shape index (κ1) is 19.1. The molecule has 1 aromatic carbocycles. The molecule has 9 heteroatoms. The van der Waals surface area contributed by atoms with Crippen molar-refractivity contribution in [2.45, 2.75) is 13.5 Å². The quantitative estimate of drug-likeness (QED) is 0.429. The lowest BCUT2D eigenvalue weighted by Gasteiger charge is -2.13. The Morgan fingerprint density at radius 3 is 2.54 bits per heavy atom. The third-order valence-corrected chi connectivity index (χ3v) is 4.60. The van der Waals surface area contributed by atoms with E-state index in [1.807, 2.05) is 13.1 Å². The molecule has 0 saturated carbocycles. The van der Waals surface area contributed by atoms with Gasteiger partial charge in [0.1, 0.15) is 11.6 Å². The Hall–Kier alpha value is -1.21. The van der Waals surface area contributed by atoms with Gasteiger partial charge in [-0.2, -0.15) is 0 Å². The van der Waals surface area contributed by atoms with Crippen LogP contribution in [0.5, 0.6) is 5.75 Å². The van der Waals surface area contributed by atoms with Crippen LogP contribution in [0.25, 0.3) is 0 Å². The van der Waals surface area contributed by atoms with Crippen LogP contribution in [-0.2, 0) is 6.54 Å². The molecule has 24 heavy (non-hydrogen) atoms. The number of thiazole rings is 1. The molecule has 2 aromatic rings. The average Bonchev–Trinajstić information content (AvgIpc) is 2.94. The van der Waals surface area contributed by atoms with Gasteiger partial charge in [-0.3, -0.25) is 4.99 Å². The van der Waals surface area contributed by atoms with Gasteiger partial charge in [0.25, 0.3) is 0 Å². The fourth-order valence-electron chi connectivity index (χ4n) is 1.85. The first-order valence-electron chi connectivity index (χ1n) is 7.12. The first-order chi connectivity index (χ1) is 11.5. The largest absolute Gasteiger partial charge is 0.489 e. The Kier molecular flexibility index (Phi) is 7.42. The van der Waals surface area contributed by atoms with Crippen LogP contribution in [0.3, 0.4) is 0 Å². The molecule has 0 atom stereocenters. The highest BCUT2D eigenvalue weighted by atomic mass is 35.5. The molecule has 2 N–H and O–H groups in total. The number of ether oxygens (including phenoxy) is 1. The van der Waals surface area contributed by atoms with E-state index in [1.54, 1.807) is 30.5 Å². The average molecular weight is 408 g/mol. The third-order valence-electron chi connectivity index (χ3n) is 2.90. The van der Waals surface area contributed by atoms with Gasteiger partial charge >= 0.3 is 0 Å². The van der Waals surface area contributed by atoms with E-state index in [0.717, 1.165) is 5.01 Å². The molecule has 0 saturated heterocycles. The van der Waals surface area contributed by atoms with Gasteiger partial charge in [-0.1, -0.05) is 34.8 Å². The van der Waals surface area contributed by atoms with Crippen LogP contribution in [0.2, 0.25) is 15.1 Å². The minimum absolute atomic E-state index is 0.373. The fourth-order valence-corrected chi connectivity index (χ4v) is 3.51. The minimum Gasteiger partial charge on any atom is -0.489 e. The molecule has 130 valence electrons. The van der Waals surface area contributed by atoms with Crippen molar-refractivity contribution in [3.63, 3.8) is 0 Å². The first-order valence-corrected chi connectivity index (χ1v) is 9.08. The summed E-state index contributed by atoms with van der Waals surface area (Å²) in [6.07, 6.45) is 1.85. The van der Waals surface area contributed by atoms with Crippen molar-refractivity contribution in [1.82, 2.24) is 15.6 Å². The van der Waals surface area contributed by atoms with Gasteiger partial charge in [0.05, 0.1) is 23.1 Å². The SMILES string of the molecule is CN=C(NCCOc1c(Cl)cc(Cl)cc1Cl)NCc1ncc(C)s1. The second-order valence-corrected chi connectivity index (χ2v) is 7.33. The van der Waals surface area contributed by atoms with Crippen molar-refractivity contribution in [1.29, 1.82) is 0 Å². The number of rotatable bonds is 6. The molecule has 2 rings (SSSR count). The monoisotopic (exact) mass is 406 g/mol. The molecule has 5 nitrogen and oxygen atoms in total. The van der Waals surface area contributed by atoms with Crippen LogP contribution < -0.4 is 15.4 Å². The lowest BCUT2D eigenvalue weighted by molar-refractivity contribution is 0.322. The van der Waals surface area contributed by atoms with Gasteiger partial charge in [-0.05, 0) is 19.1 Å². The highest BCUT2D eigenvalue weighted by Crippen LogP contribution is 2.35. The van der Waals surface area contributed by atoms with E-state index >= 15 is 0 Å². The summed E-state index contributed by atoms with van der Waals surface area (Å²) in [6.45, 7) is 3.55. The summed E-state index contributed by atoms with van der Waals surface area (Å²) in [4.78, 5) is 9.62. The van der Waals surface area contributed by atoms with E-state index in [0.29, 0.717) is 46.5 Å². The second kappa shape index (κ2) is 9.32. The number of nitrogens with zero attached hydrogens (tertiary/aromatic N) is 2. The van der Waals surface area contributed by atoms with E-state index in [-0.39, 0.29) is 0 Å². The Morgan fingerprint density at radius 1 is 1.25 bits per heavy atom. The number of hydrogen-bond donors (Lipinski definition) is 2. The maximum Gasteiger partial charge on any atom is 0.191 e. The highest BCUT2D eigenvalue weighted by molar-refractivity contribution is 7.11. The lowest BCUT2D eigenvalue weighted by Crippen LogP contribution is -2.38. The molecular weight excluding hydrogens is 391 g/mol. The van der Waals surface area contributed by atoms with Crippen molar-refractivity contribution in [3.05, 3.63) is 43.3 Å². The molecule has 0 aliphatic rings. The molecule has 0 bridgehead atoms. The normalized spacial score (nSPS) is 11.5. The number of nitrogens with one attached hydrogen (secondary N) is 2. The Morgan fingerprint density at radius 2 is 1.96 bits per heavy atom. The van der Waals surface area contributed by atoms with Gasteiger partial charge in [0.15, 0.2) is 11.7 Å². The summed E-state index contributed by atoms with van der Waals surface area (Å²) in [5, 5.41) is 8.58. The van der Waals surface area contributed by atoms with E-state index in [2.05, 4.69) is 20.6 Å². The van der Waals surface area contributed by atoms with Gasteiger partial charge in [0.2, 0.25) is 0 Å². The van der Waals surface area contributed by atoms with Crippen molar-refractivity contribution in [2.24, 2.45) is 4.99 Å². The lowest BCUT2D eigenvalue weighted by atomic mass is 10.3.